The molecule has 0 aromatic heterocycles. The summed E-state index contributed by atoms with van der Waals surface area (Å²) in [5.74, 6) is 0.925. The maximum Gasteiger partial charge on any atom is 0.514 e. The number of para-hydroxylation sites is 1. The first-order valence-corrected chi connectivity index (χ1v) is 10.0. The van der Waals surface area contributed by atoms with Gasteiger partial charge in [0, 0.05) is 0 Å². The number of carbonyl (C=O) groups excluding carboxylic acids is 1. The van der Waals surface area contributed by atoms with Crippen molar-refractivity contribution >= 4 is 17.5 Å². The Bertz CT molecular complexity index is 795. The molecular formula is C21H26O6S. The number of rotatable bonds is 8. The summed E-state index contributed by atoms with van der Waals surface area (Å²) in [7, 11) is 0. The molecule has 7 heteroatoms. The Morgan fingerprint density at radius 3 is 2.39 bits per heavy atom. The van der Waals surface area contributed by atoms with E-state index in [0.717, 1.165) is 11.1 Å². The Morgan fingerprint density at radius 1 is 1.04 bits per heavy atom. The van der Waals surface area contributed by atoms with Gasteiger partial charge in [-0.1, -0.05) is 35.9 Å². The van der Waals surface area contributed by atoms with Crippen molar-refractivity contribution < 1.29 is 26.8 Å². The highest BCUT2D eigenvalue weighted by Gasteiger charge is 2.19. The van der Waals surface area contributed by atoms with E-state index in [2.05, 4.69) is 0 Å². The van der Waals surface area contributed by atoms with Gasteiger partial charge < -0.3 is 13.7 Å². The third kappa shape index (κ3) is 8.10. The van der Waals surface area contributed by atoms with E-state index < -0.39 is 23.1 Å². The van der Waals surface area contributed by atoms with Crippen LogP contribution in [0.15, 0.2) is 48.5 Å². The number of benzene rings is 2. The fraction of sp³-hybridized carbons (Fsp3) is 0.381. The molecule has 0 heterocycles. The topological polar surface area (TPSA) is 71.1 Å². The molecule has 0 saturated carbocycles. The minimum absolute atomic E-state index is 0.235. The van der Waals surface area contributed by atoms with Gasteiger partial charge in [-0.2, -0.15) is 4.21 Å². The molecule has 152 valence electrons. The SMILES string of the molecule is Cc1ccc(OS(=O)OCCCc2ccccc2OC(=O)OC(C)(C)C)cc1. The number of carbonyl (C=O) groups is 1. The predicted octanol–water partition coefficient (Wildman–Crippen LogP) is 4.92. The summed E-state index contributed by atoms with van der Waals surface area (Å²) < 4.78 is 32.7. The van der Waals surface area contributed by atoms with E-state index in [9.17, 15) is 9.00 Å². The van der Waals surface area contributed by atoms with Crippen LogP contribution < -0.4 is 8.92 Å². The third-order valence-corrected chi connectivity index (χ3v) is 4.20. The van der Waals surface area contributed by atoms with Gasteiger partial charge in [0.2, 0.25) is 0 Å². The zero-order valence-corrected chi connectivity index (χ0v) is 17.4. The van der Waals surface area contributed by atoms with Crippen LogP contribution in [0.25, 0.3) is 0 Å². The molecule has 2 aromatic carbocycles. The highest BCUT2D eigenvalue weighted by molar-refractivity contribution is 7.75. The van der Waals surface area contributed by atoms with Crippen molar-refractivity contribution in [3.63, 3.8) is 0 Å². The Hall–Kier alpha value is -2.38. The first kappa shape index (κ1) is 21.9. The van der Waals surface area contributed by atoms with Crippen LogP contribution in [0.2, 0.25) is 0 Å². The van der Waals surface area contributed by atoms with Crippen LogP contribution in [-0.4, -0.2) is 22.6 Å². The van der Waals surface area contributed by atoms with Crippen LogP contribution in [0, 0.1) is 6.92 Å². The van der Waals surface area contributed by atoms with Crippen molar-refractivity contribution in [2.24, 2.45) is 0 Å². The number of hydrogen-bond acceptors (Lipinski definition) is 6. The van der Waals surface area contributed by atoms with Gasteiger partial charge in [-0.15, -0.1) is 0 Å². The molecule has 28 heavy (non-hydrogen) atoms. The summed E-state index contributed by atoms with van der Waals surface area (Å²) in [5, 5.41) is 0. The summed E-state index contributed by atoms with van der Waals surface area (Å²) in [4.78, 5) is 11.9. The molecule has 0 fully saturated rings. The van der Waals surface area contributed by atoms with Gasteiger partial charge in [0.1, 0.15) is 17.1 Å². The molecule has 0 radical (unpaired) electrons. The molecule has 0 aliphatic carbocycles. The number of hydrogen-bond donors (Lipinski definition) is 0. The van der Waals surface area contributed by atoms with Crippen LogP contribution in [0.5, 0.6) is 11.5 Å². The van der Waals surface area contributed by atoms with Crippen LogP contribution in [0.1, 0.15) is 38.3 Å². The molecule has 0 aliphatic heterocycles. The molecule has 0 spiro atoms. The molecule has 0 N–H and O–H groups in total. The zero-order chi connectivity index (χ0) is 20.6. The maximum atomic E-state index is 11.9. The summed E-state index contributed by atoms with van der Waals surface area (Å²) in [6.07, 6.45) is 0.419. The van der Waals surface area contributed by atoms with Crippen molar-refractivity contribution in [1.29, 1.82) is 0 Å². The molecule has 6 nitrogen and oxygen atoms in total. The Labute approximate surface area is 168 Å². The lowest BCUT2D eigenvalue weighted by Crippen LogP contribution is -2.26. The Kier molecular flexibility index (Phi) is 8.02. The lowest BCUT2D eigenvalue weighted by Gasteiger charge is -2.19. The van der Waals surface area contributed by atoms with Crippen LogP contribution in [0.4, 0.5) is 4.79 Å². The monoisotopic (exact) mass is 406 g/mol. The van der Waals surface area contributed by atoms with E-state index in [1.165, 1.54) is 0 Å². The van der Waals surface area contributed by atoms with Crippen LogP contribution >= 0.6 is 0 Å². The third-order valence-electron chi connectivity index (χ3n) is 3.51. The van der Waals surface area contributed by atoms with Crippen molar-refractivity contribution in [2.45, 2.75) is 46.1 Å². The first-order chi connectivity index (χ1) is 13.2. The maximum absolute atomic E-state index is 11.9. The van der Waals surface area contributed by atoms with E-state index in [1.54, 1.807) is 45.0 Å². The fourth-order valence-electron chi connectivity index (χ4n) is 2.26. The van der Waals surface area contributed by atoms with Gasteiger partial charge in [0.25, 0.3) is 0 Å². The van der Waals surface area contributed by atoms with E-state index in [-0.39, 0.29) is 6.61 Å². The van der Waals surface area contributed by atoms with Gasteiger partial charge in [-0.25, -0.2) is 4.79 Å². The van der Waals surface area contributed by atoms with E-state index in [1.807, 2.05) is 31.2 Å². The van der Waals surface area contributed by atoms with Crippen molar-refractivity contribution in [2.75, 3.05) is 6.61 Å². The second kappa shape index (κ2) is 10.2. The summed E-state index contributed by atoms with van der Waals surface area (Å²) in [6.45, 7) is 7.52. The first-order valence-electron chi connectivity index (χ1n) is 9.02. The second-order valence-corrected chi connectivity index (χ2v) is 8.01. The van der Waals surface area contributed by atoms with Crippen molar-refractivity contribution in [1.82, 2.24) is 0 Å². The van der Waals surface area contributed by atoms with Gasteiger partial charge in [-0.05, 0) is 64.3 Å². The molecular weight excluding hydrogens is 380 g/mol. The van der Waals surface area contributed by atoms with E-state index in [0.29, 0.717) is 24.3 Å². The van der Waals surface area contributed by atoms with E-state index in [4.69, 9.17) is 17.8 Å². The van der Waals surface area contributed by atoms with Gasteiger partial charge in [0.15, 0.2) is 0 Å². The lowest BCUT2D eigenvalue weighted by molar-refractivity contribution is 0.0204. The fourth-order valence-corrected chi connectivity index (χ4v) is 2.83. The summed E-state index contributed by atoms with van der Waals surface area (Å²) in [5.41, 5.74) is 1.30. The normalized spacial score (nSPS) is 12.3. The van der Waals surface area contributed by atoms with Gasteiger partial charge in [0.05, 0.1) is 6.61 Å². The molecule has 0 saturated heterocycles. The summed E-state index contributed by atoms with van der Waals surface area (Å²) in [6, 6.07) is 14.4. The standard InChI is InChI=1S/C21H26O6S/c1-16-11-13-18(14-12-16)27-28(23)24-15-7-9-17-8-5-6-10-19(17)25-20(22)26-21(2,3)4/h5-6,8,10-14H,7,9,15H2,1-4H3. The molecule has 0 aliphatic rings. The van der Waals surface area contributed by atoms with Gasteiger partial charge in [-0.3, -0.25) is 4.18 Å². The van der Waals surface area contributed by atoms with Crippen molar-refractivity contribution in [3.8, 4) is 11.5 Å². The Balaban J connectivity index is 1.79. The quantitative estimate of drug-likeness (QED) is 0.352. The molecule has 2 rings (SSSR count). The van der Waals surface area contributed by atoms with Gasteiger partial charge >= 0.3 is 17.5 Å². The lowest BCUT2D eigenvalue weighted by atomic mass is 10.1. The van der Waals surface area contributed by atoms with Crippen LogP contribution in [0.3, 0.4) is 0 Å². The van der Waals surface area contributed by atoms with E-state index >= 15 is 0 Å². The highest BCUT2D eigenvalue weighted by Crippen LogP contribution is 2.21. The highest BCUT2D eigenvalue weighted by atomic mass is 32.2. The van der Waals surface area contributed by atoms with Crippen LogP contribution in [-0.2, 0) is 26.7 Å². The summed E-state index contributed by atoms with van der Waals surface area (Å²) >= 11 is -1.87. The minimum Gasteiger partial charge on any atom is -0.428 e. The molecule has 0 amide bonds. The second-order valence-electron chi connectivity index (χ2n) is 7.20. The molecule has 0 bridgehead atoms. The van der Waals surface area contributed by atoms with Crippen molar-refractivity contribution in [3.05, 3.63) is 59.7 Å². The predicted molar refractivity (Wildman–Crippen MR) is 108 cm³/mol. The molecule has 2 aromatic rings. The number of aryl methyl sites for hydroxylation is 2. The molecule has 1 unspecified atom stereocenters. The zero-order valence-electron chi connectivity index (χ0n) is 16.6. The smallest absolute Gasteiger partial charge is 0.428 e. The average Bonchev–Trinajstić information content (AvgIpc) is 2.60. The molecule has 1 atom stereocenters. The minimum atomic E-state index is -1.87. The number of ether oxygens (including phenoxy) is 2. The average molecular weight is 407 g/mol. The Morgan fingerprint density at radius 2 is 1.71 bits per heavy atom. The largest absolute Gasteiger partial charge is 0.514 e.